The van der Waals surface area contributed by atoms with Crippen molar-refractivity contribution in [1.82, 2.24) is 5.32 Å². The molecule has 1 saturated heterocycles. The Morgan fingerprint density at radius 1 is 1.25 bits per heavy atom. The molecule has 108 valence electrons. The second-order valence-corrected chi connectivity index (χ2v) is 6.94. The molecule has 2 aliphatic rings. The van der Waals surface area contributed by atoms with Gasteiger partial charge in [-0.2, -0.15) is 8.42 Å². The Bertz CT molecular complexity index is 607. The number of nitrogens with zero attached hydrogens (tertiary/aromatic N) is 2. The molecule has 0 aliphatic carbocycles. The zero-order chi connectivity index (χ0) is 14.0. The van der Waals surface area contributed by atoms with Gasteiger partial charge >= 0.3 is 0 Å². The van der Waals surface area contributed by atoms with Crippen LogP contribution in [0, 0.1) is 5.92 Å². The highest BCUT2D eigenvalue weighted by Crippen LogP contribution is 2.30. The zero-order valence-electron chi connectivity index (χ0n) is 11.3. The molecule has 2 heterocycles. The molecule has 1 aromatic carbocycles. The molecular formula is C14H19N3O2S. The molecule has 20 heavy (non-hydrogen) atoms. The summed E-state index contributed by atoms with van der Waals surface area (Å²) in [5, 5.41) is 3.36. The van der Waals surface area contributed by atoms with E-state index in [-0.39, 0.29) is 0 Å². The first-order chi connectivity index (χ1) is 9.67. The predicted octanol–water partition coefficient (Wildman–Crippen LogP) is 1.61. The smallest absolute Gasteiger partial charge is 0.285 e. The molecule has 0 atom stereocenters. The maximum Gasteiger partial charge on any atom is 0.285 e. The van der Waals surface area contributed by atoms with Crippen LogP contribution in [-0.4, -0.2) is 34.4 Å². The van der Waals surface area contributed by atoms with E-state index in [9.17, 15) is 8.42 Å². The van der Waals surface area contributed by atoms with Crippen molar-refractivity contribution in [3.63, 3.8) is 0 Å². The quantitative estimate of drug-likeness (QED) is 0.920. The lowest BCUT2D eigenvalue weighted by Crippen LogP contribution is -2.32. The summed E-state index contributed by atoms with van der Waals surface area (Å²) in [6.07, 6.45) is 4.93. The average Bonchev–Trinajstić information content (AvgIpc) is 2.48. The van der Waals surface area contributed by atoms with Crippen molar-refractivity contribution in [2.45, 2.75) is 24.2 Å². The number of piperidine rings is 1. The van der Waals surface area contributed by atoms with Crippen LogP contribution in [0.5, 0.6) is 0 Å². The molecule has 0 aromatic heterocycles. The summed E-state index contributed by atoms with van der Waals surface area (Å²) >= 11 is 0. The van der Waals surface area contributed by atoms with Crippen molar-refractivity contribution in [1.29, 1.82) is 0 Å². The number of rotatable bonds is 3. The van der Waals surface area contributed by atoms with Crippen LogP contribution >= 0.6 is 0 Å². The maximum atomic E-state index is 11.9. The van der Waals surface area contributed by atoms with E-state index < -0.39 is 10.0 Å². The maximum absolute atomic E-state index is 11.9. The van der Waals surface area contributed by atoms with Crippen LogP contribution in [0.4, 0.5) is 5.69 Å². The van der Waals surface area contributed by atoms with Gasteiger partial charge in [0.15, 0.2) is 0 Å². The first-order valence-corrected chi connectivity index (χ1v) is 8.48. The van der Waals surface area contributed by atoms with Crippen LogP contribution < -0.4 is 10.2 Å². The van der Waals surface area contributed by atoms with Crippen molar-refractivity contribution in [3.05, 3.63) is 24.3 Å². The first kappa shape index (κ1) is 13.6. The molecular weight excluding hydrogens is 274 g/mol. The third-order valence-corrected chi connectivity index (χ3v) is 5.29. The largest absolute Gasteiger partial charge is 0.331 e. The molecule has 0 bridgehead atoms. The van der Waals surface area contributed by atoms with Gasteiger partial charge in [-0.1, -0.05) is 12.1 Å². The average molecular weight is 293 g/mol. The predicted molar refractivity (Wildman–Crippen MR) is 79.7 cm³/mol. The first-order valence-electron chi connectivity index (χ1n) is 7.04. The summed E-state index contributed by atoms with van der Waals surface area (Å²) in [7, 11) is -3.50. The van der Waals surface area contributed by atoms with Crippen molar-refractivity contribution in [2.75, 3.05) is 24.5 Å². The Balaban J connectivity index is 1.74. The lowest BCUT2D eigenvalue weighted by Gasteiger charge is -2.28. The second kappa shape index (κ2) is 5.54. The van der Waals surface area contributed by atoms with Crippen LogP contribution in [0.25, 0.3) is 0 Å². The van der Waals surface area contributed by atoms with Gasteiger partial charge in [0.1, 0.15) is 11.2 Å². The standard InChI is InChI=1S/C14H19N3O2S/c18-20(19)14-4-2-1-3-13(14)17(11-16-20)10-7-12-5-8-15-9-6-12/h1-4,11-12,15H,5-10H2. The van der Waals surface area contributed by atoms with Gasteiger partial charge in [-0.05, 0) is 50.4 Å². The number of para-hydroxylation sites is 1. The molecule has 1 N–H and O–H groups in total. The summed E-state index contributed by atoms with van der Waals surface area (Å²) in [6, 6.07) is 7.08. The van der Waals surface area contributed by atoms with Gasteiger partial charge in [0.25, 0.3) is 10.0 Å². The number of fused-ring (bicyclic) bond motifs is 1. The molecule has 0 amide bonds. The van der Waals surface area contributed by atoms with Crippen molar-refractivity contribution < 1.29 is 8.42 Å². The second-order valence-electron chi connectivity index (χ2n) is 5.34. The van der Waals surface area contributed by atoms with Gasteiger partial charge < -0.3 is 10.2 Å². The third kappa shape index (κ3) is 2.71. The molecule has 0 unspecified atom stereocenters. The van der Waals surface area contributed by atoms with Crippen LogP contribution in [0.3, 0.4) is 0 Å². The molecule has 1 aromatic rings. The lowest BCUT2D eigenvalue weighted by molar-refractivity contribution is 0.358. The number of anilines is 1. The summed E-state index contributed by atoms with van der Waals surface area (Å²) in [5.41, 5.74) is 0.747. The van der Waals surface area contributed by atoms with E-state index in [1.807, 2.05) is 17.0 Å². The van der Waals surface area contributed by atoms with Crippen LogP contribution in [-0.2, 0) is 10.0 Å². The van der Waals surface area contributed by atoms with Gasteiger partial charge in [-0.15, -0.1) is 4.40 Å². The van der Waals surface area contributed by atoms with Gasteiger partial charge in [0, 0.05) is 6.54 Å². The highest BCUT2D eigenvalue weighted by Gasteiger charge is 2.25. The molecule has 2 aliphatic heterocycles. The zero-order valence-corrected chi connectivity index (χ0v) is 12.1. The summed E-state index contributed by atoms with van der Waals surface area (Å²) in [4.78, 5) is 2.27. The summed E-state index contributed by atoms with van der Waals surface area (Å²) < 4.78 is 27.5. The van der Waals surface area contributed by atoms with E-state index in [0.717, 1.165) is 37.7 Å². The molecule has 0 radical (unpaired) electrons. The van der Waals surface area contributed by atoms with E-state index in [2.05, 4.69) is 9.71 Å². The van der Waals surface area contributed by atoms with E-state index in [1.54, 1.807) is 12.1 Å². The fourth-order valence-corrected chi connectivity index (χ4v) is 3.87. The van der Waals surface area contributed by atoms with E-state index >= 15 is 0 Å². The fourth-order valence-electron chi connectivity index (χ4n) is 2.82. The highest BCUT2D eigenvalue weighted by molar-refractivity contribution is 7.90. The third-order valence-electron chi connectivity index (χ3n) is 4.01. The normalized spacial score (nSPS) is 21.7. The van der Waals surface area contributed by atoms with E-state index in [1.165, 1.54) is 19.2 Å². The number of nitrogens with one attached hydrogen (secondary N) is 1. The Labute approximate surface area is 119 Å². The van der Waals surface area contributed by atoms with E-state index in [4.69, 9.17) is 0 Å². The van der Waals surface area contributed by atoms with Crippen molar-refractivity contribution in [2.24, 2.45) is 10.3 Å². The highest BCUT2D eigenvalue weighted by atomic mass is 32.2. The van der Waals surface area contributed by atoms with Crippen molar-refractivity contribution in [3.8, 4) is 0 Å². The summed E-state index contributed by atoms with van der Waals surface area (Å²) in [5.74, 6) is 0.718. The topological polar surface area (TPSA) is 61.8 Å². The van der Waals surface area contributed by atoms with Crippen LogP contribution in [0.1, 0.15) is 19.3 Å². The Hall–Kier alpha value is -1.40. The van der Waals surface area contributed by atoms with Gasteiger partial charge in [0.2, 0.25) is 0 Å². The minimum atomic E-state index is -3.50. The van der Waals surface area contributed by atoms with Gasteiger partial charge in [-0.3, -0.25) is 0 Å². The number of hydrogen-bond acceptors (Lipinski definition) is 4. The number of hydrogen-bond donors (Lipinski definition) is 1. The number of benzene rings is 1. The molecule has 0 spiro atoms. The minimum absolute atomic E-state index is 0.313. The molecule has 3 rings (SSSR count). The van der Waals surface area contributed by atoms with Gasteiger partial charge in [-0.25, -0.2) is 0 Å². The van der Waals surface area contributed by atoms with Crippen molar-refractivity contribution >= 4 is 22.0 Å². The fraction of sp³-hybridized carbons (Fsp3) is 0.500. The summed E-state index contributed by atoms with van der Waals surface area (Å²) in [6.45, 7) is 2.99. The Kier molecular flexibility index (Phi) is 3.76. The van der Waals surface area contributed by atoms with Crippen LogP contribution in [0.2, 0.25) is 0 Å². The Morgan fingerprint density at radius 3 is 2.80 bits per heavy atom. The molecule has 0 saturated carbocycles. The minimum Gasteiger partial charge on any atom is -0.331 e. The van der Waals surface area contributed by atoms with E-state index in [0.29, 0.717) is 4.90 Å². The molecule has 1 fully saturated rings. The monoisotopic (exact) mass is 293 g/mol. The van der Waals surface area contributed by atoms with Gasteiger partial charge in [0.05, 0.1) is 5.69 Å². The SMILES string of the molecule is O=S1(=O)N=CN(CCC2CCNCC2)c2ccccc21. The number of sulfonamides is 1. The molecule has 5 nitrogen and oxygen atoms in total. The Morgan fingerprint density at radius 2 is 2.00 bits per heavy atom. The lowest BCUT2D eigenvalue weighted by atomic mass is 9.94. The molecule has 6 heteroatoms. The van der Waals surface area contributed by atoms with Crippen LogP contribution in [0.15, 0.2) is 33.6 Å².